The van der Waals surface area contributed by atoms with Gasteiger partial charge >= 0.3 is 0 Å². The van der Waals surface area contributed by atoms with E-state index in [0.29, 0.717) is 344 Å². The largest absolute Gasteiger partial charge is 0.377 e. The number of ether oxygens (including phenoxy) is 26. The lowest BCUT2D eigenvalue weighted by Gasteiger charge is -2.09. The van der Waals surface area contributed by atoms with Crippen molar-refractivity contribution < 1.29 is 123 Å². The van der Waals surface area contributed by atoms with Gasteiger partial charge in [-0.2, -0.15) is 0 Å². The second kappa shape index (κ2) is 79.4. The van der Waals surface area contributed by atoms with Crippen molar-refractivity contribution in [2.75, 3.05) is 344 Å². The number of hydrogen-bond donors (Lipinski definition) is 0. The summed E-state index contributed by atoms with van der Waals surface area (Å²) >= 11 is 0. The molecule has 0 saturated heterocycles. The third-order valence-corrected chi connectivity index (χ3v) is 9.77. The normalized spacial score (nSPS) is 11.7. The maximum Gasteiger partial charge on any atom is 0.0704 e. The van der Waals surface area contributed by atoms with Crippen LogP contribution in [0.25, 0.3) is 0 Å². The highest BCUT2D eigenvalue weighted by Crippen LogP contribution is 1.92. The van der Waals surface area contributed by atoms with Gasteiger partial charge in [-0.3, -0.25) is 0 Å². The first-order valence-corrected chi connectivity index (χ1v) is 29.1. The molecule has 0 unspecified atom stereocenters. The standard InChI is InChI=1S/C56H110O26/c1-3-5-57-7-9-59-11-13-61-15-17-63-19-21-65-23-25-67-27-29-69-31-33-71-35-37-73-39-41-75-43-45-77-47-49-79-51-53-81-55-56-82-54-52-80-50-48-78-46-44-76-42-40-74-38-36-72-34-32-70-30-28-68-26-24-66-22-20-64-18-16-62-14-12-60-10-8-58-6-4-2/h3-4H,1-2,5-56H2. The first-order valence-electron chi connectivity index (χ1n) is 29.1. The summed E-state index contributed by atoms with van der Waals surface area (Å²) in [6, 6.07) is 0. The molecule has 0 saturated carbocycles. The summed E-state index contributed by atoms with van der Waals surface area (Å²) in [5.41, 5.74) is 0. The molecule has 0 aliphatic heterocycles. The Kier molecular flexibility index (Phi) is 77.9. The van der Waals surface area contributed by atoms with Crippen LogP contribution in [0.15, 0.2) is 25.3 Å². The van der Waals surface area contributed by atoms with Crippen LogP contribution in [0.5, 0.6) is 0 Å². The Hall–Kier alpha value is -1.56. The van der Waals surface area contributed by atoms with E-state index in [1.165, 1.54) is 0 Å². The van der Waals surface area contributed by atoms with Crippen molar-refractivity contribution in [3.05, 3.63) is 25.3 Å². The van der Waals surface area contributed by atoms with Gasteiger partial charge in [-0.05, 0) is 0 Å². The van der Waals surface area contributed by atoms with Gasteiger partial charge in [0, 0.05) is 0 Å². The lowest BCUT2D eigenvalue weighted by atomic mass is 10.6. The third-order valence-electron chi connectivity index (χ3n) is 9.77. The van der Waals surface area contributed by atoms with Gasteiger partial charge in [0.05, 0.1) is 344 Å². The van der Waals surface area contributed by atoms with E-state index in [9.17, 15) is 0 Å². The van der Waals surface area contributed by atoms with E-state index in [0.717, 1.165) is 0 Å². The maximum absolute atomic E-state index is 5.53. The van der Waals surface area contributed by atoms with Gasteiger partial charge in [-0.15, -0.1) is 13.2 Å². The minimum atomic E-state index is 0.485. The maximum atomic E-state index is 5.53. The SMILES string of the molecule is C=CCOCCOCCOCCOCCOCCOCCOCCOCCOCCOCCOCCOCCOCCOCCOCCOCCOCCOCCOCCOCCOCCOCCOCCOCCOCCOCC=C. The molecule has 26 heteroatoms. The summed E-state index contributed by atoms with van der Waals surface area (Å²) in [5, 5.41) is 0. The van der Waals surface area contributed by atoms with E-state index >= 15 is 0 Å². The summed E-state index contributed by atoms with van der Waals surface area (Å²) in [4.78, 5) is 0. The van der Waals surface area contributed by atoms with Crippen LogP contribution in [0.2, 0.25) is 0 Å². The molecule has 0 aliphatic carbocycles. The van der Waals surface area contributed by atoms with Gasteiger partial charge in [-0.1, -0.05) is 12.2 Å². The molecule has 0 radical (unpaired) electrons. The van der Waals surface area contributed by atoms with Gasteiger partial charge in [0.2, 0.25) is 0 Å². The highest BCUT2D eigenvalue weighted by Gasteiger charge is 2.01. The Balaban J connectivity index is 3.08. The van der Waals surface area contributed by atoms with Gasteiger partial charge in [-0.25, -0.2) is 0 Å². The molecule has 82 heavy (non-hydrogen) atoms. The molecule has 0 atom stereocenters. The molecule has 0 aromatic rings. The summed E-state index contributed by atoms with van der Waals surface area (Å²) in [6.07, 6.45) is 3.42. The highest BCUT2D eigenvalue weighted by atomic mass is 16.6. The first-order chi connectivity index (χ1) is 40.9. The second-order valence-corrected chi connectivity index (χ2v) is 16.4. The Morgan fingerprint density at radius 3 is 0.232 bits per heavy atom. The first kappa shape index (κ1) is 80.4. The zero-order chi connectivity index (χ0) is 58.6. The predicted molar refractivity (Wildman–Crippen MR) is 302 cm³/mol. The molecular formula is C56H110O26. The third kappa shape index (κ3) is 78.4. The van der Waals surface area contributed by atoms with Crippen molar-refractivity contribution in [1.29, 1.82) is 0 Å². The van der Waals surface area contributed by atoms with E-state index in [2.05, 4.69) is 13.2 Å². The fourth-order valence-corrected chi connectivity index (χ4v) is 5.73. The van der Waals surface area contributed by atoms with Gasteiger partial charge in [0.15, 0.2) is 0 Å². The molecule has 0 bridgehead atoms. The van der Waals surface area contributed by atoms with E-state index in [1.807, 2.05) is 0 Å². The zero-order valence-corrected chi connectivity index (χ0v) is 50.0. The Labute approximate surface area is 490 Å². The van der Waals surface area contributed by atoms with Gasteiger partial charge in [0.1, 0.15) is 0 Å². The van der Waals surface area contributed by atoms with E-state index < -0.39 is 0 Å². The Morgan fingerprint density at radius 1 is 0.110 bits per heavy atom. The molecule has 0 aliphatic rings. The van der Waals surface area contributed by atoms with Crippen LogP contribution >= 0.6 is 0 Å². The summed E-state index contributed by atoms with van der Waals surface area (Å²) < 4.78 is 142. The minimum absolute atomic E-state index is 0.485. The molecule has 0 fully saturated rings. The van der Waals surface area contributed by atoms with Crippen molar-refractivity contribution in [2.45, 2.75) is 0 Å². The number of rotatable bonds is 79. The topological polar surface area (TPSA) is 240 Å². The average Bonchev–Trinajstić information content (AvgIpc) is 3.48. The van der Waals surface area contributed by atoms with Gasteiger partial charge < -0.3 is 123 Å². The summed E-state index contributed by atoms with van der Waals surface area (Å²) in [6.45, 7) is 33.2. The lowest BCUT2D eigenvalue weighted by molar-refractivity contribution is -0.0321. The molecule has 490 valence electrons. The summed E-state index contributed by atoms with van der Waals surface area (Å²) in [7, 11) is 0. The summed E-state index contributed by atoms with van der Waals surface area (Å²) in [5.74, 6) is 0. The van der Waals surface area contributed by atoms with Crippen LogP contribution in [0, 0.1) is 0 Å². The molecular weight excluding hydrogens is 1090 g/mol. The van der Waals surface area contributed by atoms with Gasteiger partial charge in [0.25, 0.3) is 0 Å². The molecule has 0 heterocycles. The van der Waals surface area contributed by atoms with Crippen molar-refractivity contribution in [3.63, 3.8) is 0 Å². The van der Waals surface area contributed by atoms with Crippen LogP contribution in [0.4, 0.5) is 0 Å². The number of hydrogen-bond acceptors (Lipinski definition) is 26. The van der Waals surface area contributed by atoms with Crippen LogP contribution in [0.1, 0.15) is 0 Å². The van der Waals surface area contributed by atoms with E-state index in [1.54, 1.807) is 12.2 Å². The van der Waals surface area contributed by atoms with Crippen LogP contribution in [0.3, 0.4) is 0 Å². The molecule has 0 aromatic heterocycles. The molecule has 26 nitrogen and oxygen atoms in total. The fourth-order valence-electron chi connectivity index (χ4n) is 5.73. The average molecular weight is 1200 g/mol. The van der Waals surface area contributed by atoms with E-state index in [-0.39, 0.29) is 0 Å². The van der Waals surface area contributed by atoms with Crippen molar-refractivity contribution >= 4 is 0 Å². The smallest absolute Gasteiger partial charge is 0.0704 e. The lowest BCUT2D eigenvalue weighted by Crippen LogP contribution is -2.16. The van der Waals surface area contributed by atoms with Crippen molar-refractivity contribution in [2.24, 2.45) is 0 Å². The Morgan fingerprint density at radius 2 is 0.171 bits per heavy atom. The van der Waals surface area contributed by atoms with Crippen molar-refractivity contribution in [1.82, 2.24) is 0 Å². The van der Waals surface area contributed by atoms with Crippen LogP contribution in [-0.2, 0) is 123 Å². The quantitative estimate of drug-likeness (QED) is 0.0623. The molecule has 0 spiro atoms. The zero-order valence-electron chi connectivity index (χ0n) is 50.0. The molecule has 0 N–H and O–H groups in total. The second-order valence-electron chi connectivity index (χ2n) is 16.4. The molecule has 0 amide bonds. The predicted octanol–water partition coefficient (Wildman–Crippen LogP) is 1.79. The Bertz CT molecular complexity index is 1060. The van der Waals surface area contributed by atoms with Crippen LogP contribution in [-0.4, -0.2) is 344 Å². The van der Waals surface area contributed by atoms with Crippen molar-refractivity contribution in [3.8, 4) is 0 Å². The fraction of sp³-hybridized carbons (Fsp3) is 0.929. The molecule has 0 aromatic carbocycles. The van der Waals surface area contributed by atoms with E-state index in [4.69, 9.17) is 123 Å². The highest BCUT2D eigenvalue weighted by molar-refractivity contribution is 4.64. The molecule has 0 rings (SSSR count). The van der Waals surface area contributed by atoms with Crippen LogP contribution < -0.4 is 0 Å². The minimum Gasteiger partial charge on any atom is -0.377 e. The monoisotopic (exact) mass is 1200 g/mol.